The van der Waals surface area contributed by atoms with E-state index in [0.29, 0.717) is 5.69 Å². The van der Waals surface area contributed by atoms with E-state index in [1.165, 1.54) is 4.57 Å². The van der Waals surface area contributed by atoms with Gasteiger partial charge in [0.05, 0.1) is 5.69 Å². The summed E-state index contributed by atoms with van der Waals surface area (Å²) in [6.07, 6.45) is 3.25. The molecule has 66 valence electrons. The quantitative estimate of drug-likeness (QED) is 0.628. The Morgan fingerprint density at radius 3 is 2.85 bits per heavy atom. The first-order chi connectivity index (χ1) is 6.27. The second-order valence-corrected chi connectivity index (χ2v) is 2.73. The minimum absolute atomic E-state index is 0.161. The lowest BCUT2D eigenvalue weighted by Gasteiger charge is -2.00. The first kappa shape index (κ1) is 7.67. The highest BCUT2D eigenvalue weighted by molar-refractivity contribution is 5.47. The van der Waals surface area contributed by atoms with E-state index in [0.717, 1.165) is 5.69 Å². The van der Waals surface area contributed by atoms with Crippen molar-refractivity contribution in [2.75, 3.05) is 5.73 Å². The van der Waals surface area contributed by atoms with Crippen molar-refractivity contribution in [1.82, 2.24) is 9.55 Å². The minimum atomic E-state index is -0.161. The molecule has 0 spiro atoms. The fourth-order valence-electron chi connectivity index (χ4n) is 1.20. The van der Waals surface area contributed by atoms with E-state index in [9.17, 15) is 4.79 Å². The highest BCUT2D eigenvalue weighted by Gasteiger charge is 1.98. The molecule has 13 heavy (non-hydrogen) atoms. The summed E-state index contributed by atoms with van der Waals surface area (Å²) in [4.78, 5) is 13.8. The van der Waals surface area contributed by atoms with Crippen LogP contribution in [0.4, 0.5) is 5.69 Å². The summed E-state index contributed by atoms with van der Waals surface area (Å²) in [5.74, 6) is 0. The van der Waals surface area contributed by atoms with Crippen LogP contribution in [0.3, 0.4) is 0 Å². The SMILES string of the molecule is Nc1cccc(-n2cc[nH]c2=O)c1. The molecule has 0 aliphatic rings. The largest absolute Gasteiger partial charge is 0.399 e. The van der Waals surface area contributed by atoms with Gasteiger partial charge in [0, 0.05) is 18.1 Å². The Kier molecular flexibility index (Phi) is 1.66. The van der Waals surface area contributed by atoms with Gasteiger partial charge in [0.1, 0.15) is 0 Å². The molecule has 1 heterocycles. The highest BCUT2D eigenvalue weighted by Crippen LogP contribution is 2.08. The summed E-state index contributed by atoms with van der Waals surface area (Å²) in [6, 6.07) is 7.16. The number of nitrogens with one attached hydrogen (secondary N) is 1. The molecule has 4 heteroatoms. The number of benzene rings is 1. The fraction of sp³-hybridized carbons (Fsp3) is 0. The zero-order valence-electron chi connectivity index (χ0n) is 6.90. The first-order valence-electron chi connectivity index (χ1n) is 3.89. The van der Waals surface area contributed by atoms with Gasteiger partial charge in [0.15, 0.2) is 0 Å². The molecule has 1 aromatic carbocycles. The van der Waals surface area contributed by atoms with Gasteiger partial charge in [-0.1, -0.05) is 6.07 Å². The third-order valence-electron chi connectivity index (χ3n) is 1.80. The lowest BCUT2D eigenvalue weighted by Crippen LogP contribution is -2.13. The average Bonchev–Trinajstić information content (AvgIpc) is 2.51. The normalized spacial score (nSPS) is 10.2. The number of aromatic nitrogens is 2. The van der Waals surface area contributed by atoms with E-state index in [2.05, 4.69) is 4.98 Å². The Bertz CT molecular complexity index is 469. The number of nitrogens with zero attached hydrogens (tertiary/aromatic N) is 1. The zero-order valence-corrected chi connectivity index (χ0v) is 6.90. The summed E-state index contributed by atoms with van der Waals surface area (Å²) in [6.45, 7) is 0. The lowest BCUT2D eigenvalue weighted by atomic mass is 10.3. The zero-order chi connectivity index (χ0) is 9.26. The number of hydrogen-bond donors (Lipinski definition) is 2. The number of H-pyrrole nitrogens is 1. The summed E-state index contributed by atoms with van der Waals surface area (Å²) in [7, 11) is 0. The van der Waals surface area contributed by atoms with Gasteiger partial charge in [-0.05, 0) is 18.2 Å². The smallest absolute Gasteiger partial charge is 0.330 e. The van der Waals surface area contributed by atoms with Crippen molar-refractivity contribution in [2.45, 2.75) is 0 Å². The van der Waals surface area contributed by atoms with Crippen molar-refractivity contribution in [2.24, 2.45) is 0 Å². The van der Waals surface area contributed by atoms with E-state index in [1.807, 2.05) is 12.1 Å². The number of imidazole rings is 1. The van der Waals surface area contributed by atoms with E-state index >= 15 is 0 Å². The van der Waals surface area contributed by atoms with E-state index < -0.39 is 0 Å². The maximum absolute atomic E-state index is 11.2. The topological polar surface area (TPSA) is 63.8 Å². The Morgan fingerprint density at radius 2 is 2.23 bits per heavy atom. The van der Waals surface area contributed by atoms with Crippen LogP contribution in [0.15, 0.2) is 41.5 Å². The van der Waals surface area contributed by atoms with Crippen molar-refractivity contribution in [3.63, 3.8) is 0 Å². The van der Waals surface area contributed by atoms with Crippen LogP contribution >= 0.6 is 0 Å². The molecule has 2 rings (SSSR count). The summed E-state index contributed by atoms with van der Waals surface area (Å²) in [5.41, 5.74) is 6.84. The summed E-state index contributed by atoms with van der Waals surface area (Å²) in [5, 5.41) is 0. The number of anilines is 1. The van der Waals surface area contributed by atoms with E-state index in [4.69, 9.17) is 5.73 Å². The lowest BCUT2D eigenvalue weighted by molar-refractivity contribution is 0.988. The standard InChI is InChI=1S/C9H9N3O/c10-7-2-1-3-8(6-7)12-5-4-11-9(12)13/h1-6H,10H2,(H,11,13). The van der Waals surface area contributed by atoms with Crippen molar-refractivity contribution in [3.8, 4) is 5.69 Å². The molecule has 3 N–H and O–H groups in total. The summed E-state index contributed by atoms with van der Waals surface area (Å²) >= 11 is 0. The van der Waals surface area contributed by atoms with Crippen LogP contribution in [0, 0.1) is 0 Å². The first-order valence-corrected chi connectivity index (χ1v) is 3.89. The second kappa shape index (κ2) is 2.82. The van der Waals surface area contributed by atoms with Crippen molar-refractivity contribution >= 4 is 5.69 Å². The molecule has 0 fully saturated rings. The molecule has 1 aromatic heterocycles. The third kappa shape index (κ3) is 1.33. The molecule has 0 amide bonds. The molecule has 0 saturated heterocycles. The van der Waals surface area contributed by atoms with Gasteiger partial charge < -0.3 is 10.7 Å². The van der Waals surface area contributed by atoms with Gasteiger partial charge in [0.25, 0.3) is 0 Å². The predicted octanol–water partition coefficient (Wildman–Crippen LogP) is 0.748. The van der Waals surface area contributed by atoms with Crippen LogP contribution in [-0.4, -0.2) is 9.55 Å². The van der Waals surface area contributed by atoms with Crippen molar-refractivity contribution in [1.29, 1.82) is 0 Å². The van der Waals surface area contributed by atoms with Crippen LogP contribution in [-0.2, 0) is 0 Å². The van der Waals surface area contributed by atoms with Crippen LogP contribution in [0.5, 0.6) is 0 Å². The molecule has 0 unspecified atom stereocenters. The Balaban J connectivity index is 2.59. The molecule has 0 aliphatic carbocycles. The van der Waals surface area contributed by atoms with Gasteiger partial charge in [-0.3, -0.25) is 4.57 Å². The number of nitrogens with two attached hydrogens (primary N) is 1. The molecule has 0 radical (unpaired) electrons. The van der Waals surface area contributed by atoms with Gasteiger partial charge in [-0.15, -0.1) is 0 Å². The molecule has 4 nitrogen and oxygen atoms in total. The highest BCUT2D eigenvalue weighted by atomic mass is 16.1. The van der Waals surface area contributed by atoms with Crippen molar-refractivity contribution < 1.29 is 0 Å². The Hall–Kier alpha value is -1.97. The van der Waals surface area contributed by atoms with Crippen molar-refractivity contribution in [3.05, 3.63) is 47.1 Å². The van der Waals surface area contributed by atoms with Gasteiger partial charge in [0.2, 0.25) is 0 Å². The molecule has 0 atom stereocenters. The van der Waals surface area contributed by atoms with Gasteiger partial charge in [-0.25, -0.2) is 4.79 Å². The predicted molar refractivity (Wildman–Crippen MR) is 50.8 cm³/mol. The maximum Gasteiger partial charge on any atom is 0.330 e. The van der Waals surface area contributed by atoms with Crippen LogP contribution in [0.25, 0.3) is 5.69 Å². The van der Waals surface area contributed by atoms with Crippen LogP contribution in [0.1, 0.15) is 0 Å². The van der Waals surface area contributed by atoms with Crippen LogP contribution in [0.2, 0.25) is 0 Å². The van der Waals surface area contributed by atoms with Gasteiger partial charge >= 0.3 is 5.69 Å². The number of rotatable bonds is 1. The third-order valence-corrected chi connectivity index (χ3v) is 1.80. The molecule has 0 aliphatic heterocycles. The minimum Gasteiger partial charge on any atom is -0.399 e. The number of hydrogen-bond acceptors (Lipinski definition) is 2. The monoisotopic (exact) mass is 175 g/mol. The molecular formula is C9H9N3O. The fourth-order valence-corrected chi connectivity index (χ4v) is 1.20. The van der Waals surface area contributed by atoms with Crippen LogP contribution < -0.4 is 11.4 Å². The molecule has 2 aromatic rings. The Morgan fingerprint density at radius 1 is 1.38 bits per heavy atom. The molecule has 0 saturated carbocycles. The maximum atomic E-state index is 11.2. The van der Waals surface area contributed by atoms with E-state index in [-0.39, 0.29) is 5.69 Å². The van der Waals surface area contributed by atoms with E-state index in [1.54, 1.807) is 24.5 Å². The second-order valence-electron chi connectivity index (χ2n) is 2.73. The number of nitrogen functional groups attached to an aromatic ring is 1. The molecular weight excluding hydrogens is 166 g/mol. The molecule has 0 bridgehead atoms. The number of aromatic amines is 1. The summed E-state index contributed by atoms with van der Waals surface area (Å²) < 4.78 is 1.50. The average molecular weight is 175 g/mol. The van der Waals surface area contributed by atoms with Gasteiger partial charge in [-0.2, -0.15) is 0 Å². The Labute approximate surface area is 74.6 Å².